The third-order valence-electron chi connectivity index (χ3n) is 2.92. The van der Waals surface area contributed by atoms with Crippen molar-refractivity contribution < 1.29 is 10.2 Å². The molecule has 1 aliphatic rings. The van der Waals surface area contributed by atoms with Crippen LogP contribution in [0.4, 0.5) is 0 Å². The first-order chi connectivity index (χ1) is 7.43. The van der Waals surface area contributed by atoms with E-state index in [1.165, 1.54) is 0 Å². The quantitative estimate of drug-likeness (QED) is 0.758. The molecule has 1 atom stereocenters. The number of aliphatic hydroxyl groups is 2. The number of allylic oxidation sites excluding steroid dienone is 2. The highest BCUT2D eigenvalue weighted by atomic mass is 16.3. The maximum atomic E-state index is 9.93. The molecule has 1 heterocycles. The van der Waals surface area contributed by atoms with Gasteiger partial charge in [0.15, 0.2) is 5.88 Å². The Labute approximate surface area is 97.5 Å². The van der Waals surface area contributed by atoms with E-state index in [1.54, 1.807) is 11.0 Å². The molecular formula is C12H22N2O2. The average Bonchev–Trinajstić information content (AvgIpc) is 2.19. The van der Waals surface area contributed by atoms with Crippen LogP contribution in [0.15, 0.2) is 23.1 Å². The van der Waals surface area contributed by atoms with E-state index in [4.69, 9.17) is 0 Å². The zero-order chi connectivity index (χ0) is 12.3. The van der Waals surface area contributed by atoms with E-state index < -0.39 is 6.23 Å². The Hall–Kier alpha value is -1.00. The molecule has 0 aromatic heterocycles. The van der Waals surface area contributed by atoms with Gasteiger partial charge in [0.1, 0.15) is 6.23 Å². The predicted molar refractivity (Wildman–Crippen MR) is 65.0 cm³/mol. The fraction of sp³-hybridized carbons (Fsp3) is 0.667. The molecule has 4 nitrogen and oxygen atoms in total. The van der Waals surface area contributed by atoms with Crippen LogP contribution < -0.4 is 0 Å². The normalized spacial score (nSPS) is 21.8. The molecule has 0 bridgehead atoms. The average molecular weight is 226 g/mol. The van der Waals surface area contributed by atoms with Gasteiger partial charge >= 0.3 is 0 Å². The molecule has 1 unspecified atom stereocenters. The van der Waals surface area contributed by atoms with E-state index in [-0.39, 0.29) is 5.88 Å². The largest absolute Gasteiger partial charge is 0.494 e. The Morgan fingerprint density at radius 3 is 2.56 bits per heavy atom. The number of hydrogen-bond acceptors (Lipinski definition) is 4. The van der Waals surface area contributed by atoms with Gasteiger partial charge in [-0.25, -0.2) is 0 Å². The molecule has 0 fully saturated rings. The van der Waals surface area contributed by atoms with Crippen molar-refractivity contribution in [1.82, 2.24) is 9.80 Å². The summed E-state index contributed by atoms with van der Waals surface area (Å²) in [7, 11) is 4.02. The summed E-state index contributed by atoms with van der Waals surface area (Å²) in [6.45, 7) is 5.36. The second kappa shape index (κ2) is 5.37. The van der Waals surface area contributed by atoms with Crippen LogP contribution in [0.3, 0.4) is 0 Å². The van der Waals surface area contributed by atoms with Gasteiger partial charge in [-0.15, -0.1) is 0 Å². The first-order valence-corrected chi connectivity index (χ1v) is 5.61. The zero-order valence-electron chi connectivity index (χ0n) is 10.6. The van der Waals surface area contributed by atoms with Crippen LogP contribution in [0, 0.1) is 0 Å². The lowest BCUT2D eigenvalue weighted by atomic mass is 10.1. The molecule has 1 rings (SSSR count). The second-order valence-electron chi connectivity index (χ2n) is 4.56. The van der Waals surface area contributed by atoms with Crippen molar-refractivity contribution >= 4 is 0 Å². The lowest BCUT2D eigenvalue weighted by Gasteiger charge is -2.32. The highest BCUT2D eigenvalue weighted by molar-refractivity contribution is 5.33. The smallest absolute Gasteiger partial charge is 0.192 e. The SMILES string of the molecule is CC1=CC(O)N(CCCN(C)C)C(O)=C1C. The molecule has 92 valence electrons. The minimum absolute atomic E-state index is 0.200. The Morgan fingerprint density at radius 2 is 2.00 bits per heavy atom. The first kappa shape index (κ1) is 13.1. The van der Waals surface area contributed by atoms with Crippen molar-refractivity contribution in [2.24, 2.45) is 0 Å². The number of rotatable bonds is 4. The molecule has 4 heteroatoms. The Balaban J connectivity index is 2.61. The van der Waals surface area contributed by atoms with Crippen LogP contribution in [-0.4, -0.2) is 53.4 Å². The van der Waals surface area contributed by atoms with Crippen LogP contribution in [-0.2, 0) is 0 Å². The van der Waals surface area contributed by atoms with Crippen molar-refractivity contribution in [3.8, 4) is 0 Å². The monoisotopic (exact) mass is 226 g/mol. The fourth-order valence-corrected chi connectivity index (χ4v) is 1.75. The maximum Gasteiger partial charge on any atom is 0.192 e. The van der Waals surface area contributed by atoms with Gasteiger partial charge in [-0.1, -0.05) is 0 Å². The molecular weight excluding hydrogens is 204 g/mol. The Morgan fingerprint density at radius 1 is 1.38 bits per heavy atom. The Bertz CT molecular complexity index is 308. The van der Waals surface area contributed by atoms with Gasteiger partial charge in [-0.2, -0.15) is 0 Å². The van der Waals surface area contributed by atoms with E-state index in [0.717, 1.165) is 24.1 Å². The summed E-state index contributed by atoms with van der Waals surface area (Å²) >= 11 is 0. The highest BCUT2D eigenvalue weighted by Gasteiger charge is 2.23. The van der Waals surface area contributed by atoms with Gasteiger partial charge in [0.25, 0.3) is 0 Å². The summed E-state index contributed by atoms with van der Waals surface area (Å²) < 4.78 is 0. The molecule has 1 aliphatic heterocycles. The Kier molecular flexibility index (Phi) is 4.38. The second-order valence-corrected chi connectivity index (χ2v) is 4.56. The number of nitrogens with zero attached hydrogens (tertiary/aromatic N) is 2. The molecule has 0 aliphatic carbocycles. The van der Waals surface area contributed by atoms with Gasteiger partial charge in [-0.3, -0.25) is 0 Å². The molecule has 16 heavy (non-hydrogen) atoms. The third-order valence-corrected chi connectivity index (χ3v) is 2.92. The highest BCUT2D eigenvalue weighted by Crippen LogP contribution is 2.23. The molecule has 0 aromatic carbocycles. The van der Waals surface area contributed by atoms with Gasteiger partial charge in [0, 0.05) is 12.1 Å². The van der Waals surface area contributed by atoms with E-state index in [9.17, 15) is 10.2 Å². The van der Waals surface area contributed by atoms with Gasteiger partial charge in [0.05, 0.1) is 0 Å². The summed E-state index contributed by atoms with van der Waals surface area (Å²) in [5, 5.41) is 19.8. The predicted octanol–water partition coefficient (Wildman–Crippen LogP) is 1.31. The summed E-state index contributed by atoms with van der Waals surface area (Å²) in [4.78, 5) is 3.72. The van der Waals surface area contributed by atoms with Gasteiger partial charge in [-0.05, 0) is 52.6 Å². The third kappa shape index (κ3) is 3.00. The minimum atomic E-state index is -0.703. The van der Waals surface area contributed by atoms with Gasteiger partial charge in [0.2, 0.25) is 0 Å². The van der Waals surface area contributed by atoms with Crippen molar-refractivity contribution in [2.45, 2.75) is 26.5 Å². The summed E-state index contributed by atoms with van der Waals surface area (Å²) in [6.07, 6.45) is 1.98. The molecule has 0 aromatic rings. The molecule has 0 amide bonds. The van der Waals surface area contributed by atoms with Crippen LogP contribution >= 0.6 is 0 Å². The molecule has 2 N–H and O–H groups in total. The topological polar surface area (TPSA) is 46.9 Å². The van der Waals surface area contributed by atoms with Crippen molar-refractivity contribution in [3.63, 3.8) is 0 Å². The van der Waals surface area contributed by atoms with Crippen molar-refractivity contribution in [1.29, 1.82) is 0 Å². The van der Waals surface area contributed by atoms with E-state index in [2.05, 4.69) is 4.90 Å². The molecule has 0 saturated carbocycles. The number of aliphatic hydroxyl groups excluding tert-OH is 2. The lowest BCUT2D eigenvalue weighted by molar-refractivity contribution is 0.0239. The first-order valence-electron chi connectivity index (χ1n) is 5.61. The summed E-state index contributed by atoms with van der Waals surface area (Å²) in [5.74, 6) is 0.200. The van der Waals surface area contributed by atoms with Gasteiger partial charge < -0.3 is 20.0 Å². The van der Waals surface area contributed by atoms with Crippen LogP contribution in [0.1, 0.15) is 20.3 Å². The standard InChI is InChI=1S/C12H22N2O2/c1-9-8-11(15)14(12(16)10(9)2)7-5-6-13(3)4/h8,11,15-16H,5-7H2,1-4H3. The fourth-order valence-electron chi connectivity index (χ4n) is 1.75. The maximum absolute atomic E-state index is 9.93. The number of hydrogen-bond donors (Lipinski definition) is 2. The lowest BCUT2D eigenvalue weighted by Crippen LogP contribution is -2.38. The van der Waals surface area contributed by atoms with Crippen LogP contribution in [0.25, 0.3) is 0 Å². The van der Waals surface area contributed by atoms with Crippen LogP contribution in [0.2, 0.25) is 0 Å². The zero-order valence-corrected chi connectivity index (χ0v) is 10.6. The van der Waals surface area contributed by atoms with E-state index >= 15 is 0 Å². The summed E-state index contributed by atoms with van der Waals surface area (Å²) in [5.41, 5.74) is 1.78. The summed E-state index contributed by atoms with van der Waals surface area (Å²) in [6, 6.07) is 0. The molecule has 0 saturated heterocycles. The van der Waals surface area contributed by atoms with Crippen molar-refractivity contribution in [2.75, 3.05) is 27.2 Å². The molecule has 0 radical (unpaired) electrons. The van der Waals surface area contributed by atoms with E-state index in [1.807, 2.05) is 27.9 Å². The molecule has 0 spiro atoms. The minimum Gasteiger partial charge on any atom is -0.494 e. The van der Waals surface area contributed by atoms with E-state index in [0.29, 0.717) is 6.54 Å². The van der Waals surface area contributed by atoms with Crippen LogP contribution in [0.5, 0.6) is 0 Å². The van der Waals surface area contributed by atoms with Crippen molar-refractivity contribution in [3.05, 3.63) is 23.1 Å².